The molecular weight excluding hydrogens is 290 g/mol. The Kier molecular flexibility index (Phi) is 5.58. The number of hydrogen-bond donors (Lipinski definition) is 2. The summed E-state index contributed by atoms with van der Waals surface area (Å²) in [6.07, 6.45) is 1.04. The van der Waals surface area contributed by atoms with Crippen molar-refractivity contribution in [2.75, 3.05) is 51.3 Å². The van der Waals surface area contributed by atoms with Gasteiger partial charge in [0.05, 0.1) is 11.5 Å². The summed E-state index contributed by atoms with van der Waals surface area (Å²) >= 11 is 0. The molecule has 21 heavy (non-hydrogen) atoms. The molecule has 1 heterocycles. The molecule has 0 amide bonds. The van der Waals surface area contributed by atoms with Crippen LogP contribution < -0.4 is 9.62 Å². The zero-order valence-electron chi connectivity index (χ0n) is 12.3. The minimum absolute atomic E-state index is 0.191. The van der Waals surface area contributed by atoms with E-state index in [0.717, 1.165) is 38.3 Å². The van der Waals surface area contributed by atoms with E-state index in [1.54, 1.807) is 12.1 Å². The fourth-order valence-corrected chi connectivity index (χ4v) is 3.28. The molecule has 1 aliphatic heterocycles. The predicted octanol–water partition coefficient (Wildman–Crippen LogP) is 0.0991. The van der Waals surface area contributed by atoms with Crippen LogP contribution in [0.4, 0.5) is 5.69 Å². The van der Waals surface area contributed by atoms with Crippen molar-refractivity contribution in [3.8, 4) is 0 Å². The molecule has 1 aliphatic rings. The number of hydrogen-bond acceptors (Lipinski definition) is 5. The average Bonchev–Trinajstić information content (AvgIpc) is 2.73. The summed E-state index contributed by atoms with van der Waals surface area (Å²) in [5.74, 6) is 0. The zero-order valence-corrected chi connectivity index (χ0v) is 13.1. The van der Waals surface area contributed by atoms with Crippen molar-refractivity contribution in [1.82, 2.24) is 9.62 Å². The lowest BCUT2D eigenvalue weighted by atomic mass is 10.2. The van der Waals surface area contributed by atoms with Crippen LogP contribution >= 0.6 is 0 Å². The third-order valence-corrected chi connectivity index (χ3v) is 5.22. The molecule has 1 aromatic rings. The Morgan fingerprint density at radius 2 is 1.86 bits per heavy atom. The highest BCUT2D eigenvalue weighted by Gasteiger charge is 2.16. The molecule has 0 atom stereocenters. The van der Waals surface area contributed by atoms with Crippen molar-refractivity contribution in [2.24, 2.45) is 0 Å². The van der Waals surface area contributed by atoms with Gasteiger partial charge in [0.1, 0.15) is 0 Å². The van der Waals surface area contributed by atoms with Gasteiger partial charge in [0.25, 0.3) is 0 Å². The second-order valence-electron chi connectivity index (χ2n) is 5.11. The Balaban J connectivity index is 2.05. The summed E-state index contributed by atoms with van der Waals surface area (Å²) in [6, 6.07) is 6.98. The van der Waals surface area contributed by atoms with E-state index in [-0.39, 0.29) is 11.5 Å². The number of aliphatic hydroxyl groups is 1. The summed E-state index contributed by atoms with van der Waals surface area (Å²) < 4.78 is 25.7. The van der Waals surface area contributed by atoms with Crippen LogP contribution in [0, 0.1) is 0 Å². The van der Waals surface area contributed by atoms with Gasteiger partial charge in [0.2, 0.25) is 10.0 Å². The second-order valence-corrected chi connectivity index (χ2v) is 6.99. The van der Waals surface area contributed by atoms with Crippen LogP contribution in [-0.4, -0.2) is 64.8 Å². The van der Waals surface area contributed by atoms with Gasteiger partial charge < -0.3 is 10.0 Å². The minimum atomic E-state index is -3.37. The fourth-order valence-electron chi connectivity index (χ4n) is 2.55. The number of rotatable bonds is 5. The molecule has 0 bridgehead atoms. The lowest BCUT2D eigenvalue weighted by Gasteiger charge is -2.23. The molecular formula is C14H23N3O3S. The molecule has 0 aliphatic carbocycles. The highest BCUT2D eigenvalue weighted by Crippen LogP contribution is 2.19. The van der Waals surface area contributed by atoms with Crippen molar-refractivity contribution < 1.29 is 13.5 Å². The summed E-state index contributed by atoms with van der Waals surface area (Å²) in [5, 5.41) is 9.01. The van der Waals surface area contributed by atoms with Gasteiger partial charge in [-0.2, -0.15) is 0 Å². The van der Waals surface area contributed by atoms with Crippen LogP contribution in [0.3, 0.4) is 0 Å². The van der Waals surface area contributed by atoms with Gasteiger partial charge in [0, 0.05) is 31.9 Å². The number of sulfonamides is 1. The van der Waals surface area contributed by atoms with E-state index >= 15 is 0 Å². The third kappa shape index (κ3) is 4.16. The van der Waals surface area contributed by atoms with E-state index in [1.807, 2.05) is 12.1 Å². The Bertz CT molecular complexity index is 545. The van der Waals surface area contributed by atoms with Crippen molar-refractivity contribution in [3.63, 3.8) is 0 Å². The van der Waals surface area contributed by atoms with Crippen LogP contribution in [0.1, 0.15) is 6.42 Å². The van der Waals surface area contributed by atoms with Crippen molar-refractivity contribution in [1.29, 1.82) is 0 Å². The molecule has 0 aromatic heterocycles. The maximum atomic E-state index is 11.7. The van der Waals surface area contributed by atoms with Gasteiger partial charge in [-0.05, 0) is 44.3 Å². The van der Waals surface area contributed by atoms with Crippen molar-refractivity contribution >= 4 is 15.7 Å². The number of aliphatic hydroxyl groups excluding tert-OH is 1. The van der Waals surface area contributed by atoms with E-state index < -0.39 is 10.0 Å². The summed E-state index contributed by atoms with van der Waals surface area (Å²) in [6.45, 7) is 4.64. The smallest absolute Gasteiger partial charge is 0.240 e. The highest BCUT2D eigenvalue weighted by molar-refractivity contribution is 7.89. The Morgan fingerprint density at radius 3 is 2.48 bits per heavy atom. The quantitative estimate of drug-likeness (QED) is 0.806. The molecule has 0 saturated carbocycles. The molecule has 2 N–H and O–H groups in total. The minimum Gasteiger partial charge on any atom is -0.395 e. The third-order valence-electron chi connectivity index (χ3n) is 3.79. The molecule has 1 saturated heterocycles. The van der Waals surface area contributed by atoms with Gasteiger partial charge in [0.15, 0.2) is 0 Å². The molecule has 0 unspecified atom stereocenters. The Morgan fingerprint density at radius 1 is 1.14 bits per heavy atom. The number of nitrogens with one attached hydrogen (secondary N) is 1. The first-order chi connectivity index (χ1) is 10.1. The Hall–Kier alpha value is -1.15. The van der Waals surface area contributed by atoms with Crippen LogP contribution in [0.15, 0.2) is 29.2 Å². The molecule has 6 nitrogen and oxygen atoms in total. The molecule has 118 valence electrons. The first-order valence-corrected chi connectivity index (χ1v) is 8.67. The SMILES string of the molecule is CNS(=O)(=O)c1ccc(N2CCCN(CCO)CC2)cc1. The molecule has 1 aromatic carbocycles. The van der Waals surface area contributed by atoms with Gasteiger partial charge in [-0.1, -0.05) is 0 Å². The van der Waals surface area contributed by atoms with Crippen molar-refractivity contribution in [3.05, 3.63) is 24.3 Å². The number of β-amino-alcohol motifs (C(OH)–C–C–N with tert-alkyl or cyclic N) is 1. The Labute approximate surface area is 126 Å². The lowest BCUT2D eigenvalue weighted by molar-refractivity contribution is 0.204. The molecule has 7 heteroatoms. The van der Waals surface area contributed by atoms with Crippen LogP contribution in [0.2, 0.25) is 0 Å². The summed E-state index contributed by atoms with van der Waals surface area (Å²) in [7, 11) is -1.96. The monoisotopic (exact) mass is 313 g/mol. The molecule has 2 rings (SSSR count). The van der Waals surface area contributed by atoms with Gasteiger partial charge in [-0.15, -0.1) is 0 Å². The van der Waals surface area contributed by atoms with Crippen LogP contribution in [-0.2, 0) is 10.0 Å². The van der Waals surface area contributed by atoms with Crippen LogP contribution in [0.5, 0.6) is 0 Å². The number of benzene rings is 1. The van der Waals surface area contributed by atoms with Gasteiger partial charge in [-0.25, -0.2) is 13.1 Å². The average molecular weight is 313 g/mol. The van der Waals surface area contributed by atoms with E-state index in [1.165, 1.54) is 7.05 Å². The lowest BCUT2D eigenvalue weighted by Crippen LogP contribution is -2.32. The highest BCUT2D eigenvalue weighted by atomic mass is 32.2. The molecule has 0 radical (unpaired) electrons. The molecule has 1 fully saturated rings. The number of anilines is 1. The maximum absolute atomic E-state index is 11.7. The van der Waals surface area contributed by atoms with Crippen LogP contribution in [0.25, 0.3) is 0 Å². The van der Waals surface area contributed by atoms with Gasteiger partial charge >= 0.3 is 0 Å². The van der Waals surface area contributed by atoms with Crippen molar-refractivity contribution in [2.45, 2.75) is 11.3 Å². The van der Waals surface area contributed by atoms with E-state index in [4.69, 9.17) is 5.11 Å². The fraction of sp³-hybridized carbons (Fsp3) is 0.571. The number of nitrogens with zero attached hydrogens (tertiary/aromatic N) is 2. The van der Waals surface area contributed by atoms with E-state index in [0.29, 0.717) is 6.54 Å². The first kappa shape index (κ1) is 16.2. The largest absolute Gasteiger partial charge is 0.395 e. The normalized spacial score (nSPS) is 17.7. The summed E-state index contributed by atoms with van der Waals surface area (Å²) in [5.41, 5.74) is 1.04. The predicted molar refractivity (Wildman–Crippen MR) is 83.0 cm³/mol. The van der Waals surface area contributed by atoms with E-state index in [9.17, 15) is 8.42 Å². The van der Waals surface area contributed by atoms with Gasteiger partial charge in [-0.3, -0.25) is 4.90 Å². The molecule has 0 spiro atoms. The first-order valence-electron chi connectivity index (χ1n) is 7.18. The summed E-state index contributed by atoms with van der Waals surface area (Å²) in [4.78, 5) is 4.79. The second kappa shape index (κ2) is 7.22. The zero-order chi connectivity index (χ0) is 15.3. The maximum Gasteiger partial charge on any atom is 0.240 e. The standard InChI is InChI=1S/C14H23N3O3S/c1-15-21(19,20)14-5-3-13(4-6-14)17-8-2-7-16(9-10-17)11-12-18/h3-6,15,18H,2,7-12H2,1H3. The van der Waals surface area contributed by atoms with E-state index in [2.05, 4.69) is 14.5 Å². The topological polar surface area (TPSA) is 72.9 Å².